The van der Waals surface area contributed by atoms with Crippen LogP contribution >= 0.6 is 0 Å². The summed E-state index contributed by atoms with van der Waals surface area (Å²) in [4.78, 5) is 9.44. The Morgan fingerprint density at radius 3 is 1.77 bits per heavy atom. The van der Waals surface area contributed by atoms with Crippen LogP contribution in [0.1, 0.15) is 33.1 Å². The summed E-state index contributed by atoms with van der Waals surface area (Å²) >= 11 is 0. The van der Waals surface area contributed by atoms with E-state index in [4.69, 9.17) is 5.11 Å². The summed E-state index contributed by atoms with van der Waals surface area (Å²) in [5, 5.41) is 18.1. The van der Waals surface area contributed by atoms with Gasteiger partial charge >= 0.3 is 0 Å². The van der Waals surface area contributed by atoms with E-state index in [1.54, 1.807) is 0 Å². The maximum Gasteiger partial charge on any atom is 0.126 e. The number of hydrogen-bond donors (Lipinski definition) is 2. The van der Waals surface area contributed by atoms with Crippen molar-refractivity contribution in [2.75, 3.05) is 6.61 Å². The molecule has 0 aromatic carbocycles. The highest BCUT2D eigenvalue weighted by Crippen LogP contribution is 2.29. The summed E-state index contributed by atoms with van der Waals surface area (Å²) in [5.74, 6) is 0.167. The topological polar surface area (TPSA) is 57.5 Å². The molecule has 0 saturated carbocycles. The first-order valence-electron chi connectivity index (χ1n) is 7.96. The van der Waals surface area contributed by atoms with E-state index in [0.717, 1.165) is 31.0 Å². The molecule has 0 aromatic rings. The van der Waals surface area contributed by atoms with Crippen molar-refractivity contribution in [3.63, 3.8) is 0 Å². The predicted octanol–water partition coefficient (Wildman–Crippen LogP) is 4.11. The Balaban J connectivity index is 0. The molecule has 0 aliphatic heterocycles. The lowest BCUT2D eigenvalue weighted by molar-refractivity contribution is -0.114. The standard InChI is InChI=1S/C15H28O2Si.C3H6O/c1-4-10-18(11-5-2,12-6-3)13-8-7-9-15(17)14-16;1-3(2)4/h4-6,15-17H,1-3,7-14H2;1-2H3. The molecule has 0 heterocycles. The van der Waals surface area contributed by atoms with Gasteiger partial charge in [-0.15, -0.1) is 19.7 Å². The van der Waals surface area contributed by atoms with Gasteiger partial charge in [0, 0.05) is 0 Å². The van der Waals surface area contributed by atoms with Gasteiger partial charge in [-0.2, -0.15) is 0 Å². The van der Waals surface area contributed by atoms with Crippen LogP contribution in [0.25, 0.3) is 0 Å². The Labute approximate surface area is 137 Å². The highest BCUT2D eigenvalue weighted by atomic mass is 28.3. The third-order valence-electron chi connectivity index (χ3n) is 3.44. The van der Waals surface area contributed by atoms with Gasteiger partial charge in [0.05, 0.1) is 20.8 Å². The smallest absolute Gasteiger partial charge is 0.126 e. The highest BCUT2D eigenvalue weighted by Gasteiger charge is 2.27. The maximum atomic E-state index is 9.44. The molecular formula is C18H34O3Si. The van der Waals surface area contributed by atoms with Crippen molar-refractivity contribution < 1.29 is 15.0 Å². The normalized spacial score (nSPS) is 11.8. The summed E-state index contributed by atoms with van der Waals surface area (Å²) in [5.41, 5.74) is 0. The molecule has 0 spiro atoms. The van der Waals surface area contributed by atoms with Crippen molar-refractivity contribution >= 4 is 13.9 Å². The first-order chi connectivity index (χ1) is 10.4. The Kier molecular flexibility index (Phi) is 15.8. The zero-order chi connectivity index (χ0) is 17.4. The quantitative estimate of drug-likeness (QED) is 0.322. The van der Waals surface area contributed by atoms with Gasteiger partial charge in [-0.25, -0.2) is 0 Å². The summed E-state index contributed by atoms with van der Waals surface area (Å²) in [6.45, 7) is 14.5. The maximum absolute atomic E-state index is 9.44. The second kappa shape index (κ2) is 14.9. The minimum atomic E-state index is -1.38. The largest absolute Gasteiger partial charge is 0.394 e. The van der Waals surface area contributed by atoms with Crippen LogP contribution in [0.5, 0.6) is 0 Å². The van der Waals surface area contributed by atoms with Crippen molar-refractivity contribution in [1.29, 1.82) is 0 Å². The van der Waals surface area contributed by atoms with E-state index in [1.165, 1.54) is 19.9 Å². The summed E-state index contributed by atoms with van der Waals surface area (Å²) < 4.78 is 0. The molecule has 0 amide bonds. The summed E-state index contributed by atoms with van der Waals surface area (Å²) in [7, 11) is -1.38. The lowest BCUT2D eigenvalue weighted by Crippen LogP contribution is -2.31. The summed E-state index contributed by atoms with van der Waals surface area (Å²) in [6, 6.07) is 4.53. The van der Waals surface area contributed by atoms with Crippen molar-refractivity contribution in [3.05, 3.63) is 38.0 Å². The second-order valence-electron chi connectivity index (χ2n) is 5.97. The Hall–Kier alpha value is -0.973. The van der Waals surface area contributed by atoms with Crippen LogP contribution in [0.4, 0.5) is 0 Å². The Morgan fingerprint density at radius 1 is 1.05 bits per heavy atom. The molecule has 22 heavy (non-hydrogen) atoms. The molecule has 1 atom stereocenters. The van der Waals surface area contributed by atoms with Gasteiger partial charge < -0.3 is 15.0 Å². The SMILES string of the molecule is C=CC[Si](CC=C)(CC=C)CCCCC(O)CO.CC(C)=O. The first-order valence-corrected chi connectivity index (χ1v) is 10.8. The van der Waals surface area contributed by atoms with Crippen LogP contribution in [-0.4, -0.2) is 36.8 Å². The van der Waals surface area contributed by atoms with Crippen molar-refractivity contribution in [1.82, 2.24) is 0 Å². The van der Waals surface area contributed by atoms with Gasteiger partial charge in [0.25, 0.3) is 0 Å². The van der Waals surface area contributed by atoms with Crippen LogP contribution in [0.15, 0.2) is 38.0 Å². The predicted molar refractivity (Wildman–Crippen MR) is 98.9 cm³/mol. The van der Waals surface area contributed by atoms with E-state index < -0.39 is 14.2 Å². The number of aliphatic hydroxyl groups excluding tert-OH is 2. The van der Waals surface area contributed by atoms with E-state index in [-0.39, 0.29) is 12.4 Å². The fourth-order valence-corrected chi connectivity index (χ4v) is 6.40. The van der Waals surface area contributed by atoms with E-state index in [0.29, 0.717) is 6.42 Å². The molecule has 0 aliphatic carbocycles. The second-order valence-corrected chi connectivity index (χ2v) is 10.7. The fourth-order valence-electron chi connectivity index (χ4n) is 2.45. The van der Waals surface area contributed by atoms with Gasteiger partial charge in [0.2, 0.25) is 0 Å². The molecule has 0 fully saturated rings. The van der Waals surface area contributed by atoms with Crippen molar-refractivity contribution in [2.24, 2.45) is 0 Å². The molecule has 0 bridgehead atoms. The number of allylic oxidation sites excluding steroid dienone is 3. The monoisotopic (exact) mass is 326 g/mol. The number of carbonyl (C=O) groups is 1. The number of aliphatic hydroxyl groups is 2. The number of unbranched alkanes of at least 4 members (excludes halogenated alkanes) is 1. The third-order valence-corrected chi connectivity index (χ3v) is 8.32. The molecule has 128 valence electrons. The number of ketones is 1. The zero-order valence-corrected chi connectivity index (χ0v) is 15.4. The summed E-state index contributed by atoms with van der Waals surface area (Å²) in [6.07, 6.45) is 8.31. The minimum Gasteiger partial charge on any atom is -0.394 e. The molecule has 0 aromatic heterocycles. The Morgan fingerprint density at radius 2 is 1.45 bits per heavy atom. The van der Waals surface area contributed by atoms with Crippen molar-refractivity contribution in [3.8, 4) is 0 Å². The molecule has 4 heteroatoms. The molecule has 0 radical (unpaired) electrons. The number of rotatable bonds is 12. The molecule has 3 nitrogen and oxygen atoms in total. The van der Waals surface area contributed by atoms with Crippen LogP contribution < -0.4 is 0 Å². The average Bonchev–Trinajstić information content (AvgIpc) is 2.43. The Bertz CT molecular complexity index is 296. The van der Waals surface area contributed by atoms with Crippen LogP contribution in [-0.2, 0) is 4.79 Å². The highest BCUT2D eigenvalue weighted by molar-refractivity contribution is 6.81. The molecule has 2 N–H and O–H groups in total. The molecular weight excluding hydrogens is 292 g/mol. The van der Waals surface area contributed by atoms with Crippen LogP contribution in [0.3, 0.4) is 0 Å². The van der Waals surface area contributed by atoms with Crippen LogP contribution in [0, 0.1) is 0 Å². The average molecular weight is 327 g/mol. The number of Topliss-reactive ketones (excluding diaryl/α,β-unsaturated/α-hetero) is 1. The third kappa shape index (κ3) is 14.0. The van der Waals surface area contributed by atoms with Crippen molar-refractivity contribution in [2.45, 2.75) is 63.4 Å². The van der Waals surface area contributed by atoms with Gasteiger partial charge in [-0.3, -0.25) is 0 Å². The fraction of sp³-hybridized carbons (Fsp3) is 0.611. The van der Waals surface area contributed by atoms with Crippen LogP contribution in [0.2, 0.25) is 24.2 Å². The molecule has 0 saturated heterocycles. The molecule has 0 rings (SSSR count). The lowest BCUT2D eigenvalue weighted by Gasteiger charge is -2.28. The van der Waals surface area contributed by atoms with E-state index >= 15 is 0 Å². The first kappa shape index (κ1) is 23.3. The zero-order valence-electron chi connectivity index (χ0n) is 14.4. The molecule has 1 unspecified atom stereocenters. The number of carbonyl (C=O) groups excluding carboxylic acids is 1. The minimum absolute atomic E-state index is 0.130. The van der Waals surface area contributed by atoms with Gasteiger partial charge in [0.15, 0.2) is 0 Å². The van der Waals surface area contributed by atoms with Gasteiger partial charge in [-0.1, -0.05) is 37.1 Å². The van der Waals surface area contributed by atoms with Gasteiger partial charge in [-0.05, 0) is 38.4 Å². The van der Waals surface area contributed by atoms with E-state index in [1.807, 2.05) is 18.2 Å². The number of hydrogen-bond acceptors (Lipinski definition) is 3. The molecule has 0 aliphatic rings. The van der Waals surface area contributed by atoms with Gasteiger partial charge in [0.1, 0.15) is 5.78 Å². The van der Waals surface area contributed by atoms with E-state index in [2.05, 4.69) is 19.7 Å². The van der Waals surface area contributed by atoms with E-state index in [9.17, 15) is 9.90 Å². The lowest BCUT2D eigenvalue weighted by atomic mass is 10.2.